The smallest absolute Gasteiger partial charge is 0.142 e. The molecule has 0 saturated heterocycles. The Bertz CT molecular complexity index is 641. The fourth-order valence-corrected chi connectivity index (χ4v) is 2.10. The first-order valence-corrected chi connectivity index (χ1v) is 6.45. The molecule has 0 aliphatic heterocycles. The molecule has 0 bridgehead atoms. The molecule has 0 unspecified atom stereocenters. The highest BCUT2D eigenvalue weighted by atomic mass is 79.9. The zero-order valence-electron chi connectivity index (χ0n) is 10.6. The van der Waals surface area contributed by atoms with E-state index in [1.54, 1.807) is 24.3 Å². The van der Waals surface area contributed by atoms with Crippen LogP contribution in [0.1, 0.15) is 5.56 Å². The second kappa shape index (κ2) is 5.92. The van der Waals surface area contributed by atoms with Crippen LogP contribution in [0.2, 0.25) is 0 Å². The van der Waals surface area contributed by atoms with Crippen LogP contribution in [0.4, 0.5) is 4.39 Å². The highest BCUT2D eigenvalue weighted by Gasteiger charge is 2.10. The molecule has 0 atom stereocenters. The second-order valence-electron chi connectivity index (χ2n) is 3.98. The average molecular weight is 339 g/mol. The quantitative estimate of drug-likeness (QED) is 0.660. The molecular weight excluding hydrogens is 327 g/mol. The van der Waals surface area contributed by atoms with Gasteiger partial charge in [-0.2, -0.15) is 0 Å². The number of nitrogens with two attached hydrogens (primary N) is 1. The Kier molecular flexibility index (Phi) is 4.24. The van der Waals surface area contributed by atoms with Crippen molar-refractivity contribution in [2.24, 2.45) is 5.73 Å². The first kappa shape index (κ1) is 14.3. The summed E-state index contributed by atoms with van der Waals surface area (Å²) in [4.78, 5) is 0. The zero-order chi connectivity index (χ0) is 14.7. The van der Waals surface area contributed by atoms with E-state index in [1.807, 2.05) is 0 Å². The monoisotopic (exact) mass is 338 g/mol. The summed E-state index contributed by atoms with van der Waals surface area (Å²) < 4.78 is 24.6. The van der Waals surface area contributed by atoms with Crippen LogP contribution < -0.4 is 15.2 Å². The number of hydrogen-bond acceptors (Lipinski definition) is 3. The summed E-state index contributed by atoms with van der Waals surface area (Å²) >= 11 is 3.19. The molecule has 3 N–H and O–H groups in total. The van der Waals surface area contributed by atoms with Gasteiger partial charge in [0.1, 0.15) is 28.9 Å². The van der Waals surface area contributed by atoms with Crippen LogP contribution in [0.25, 0.3) is 0 Å². The Hall–Kier alpha value is -2.08. The Morgan fingerprint density at radius 2 is 1.95 bits per heavy atom. The van der Waals surface area contributed by atoms with Crippen molar-refractivity contribution in [2.45, 2.75) is 0 Å². The van der Waals surface area contributed by atoms with Crippen LogP contribution in [-0.4, -0.2) is 12.9 Å². The Morgan fingerprint density at radius 3 is 2.55 bits per heavy atom. The highest BCUT2D eigenvalue weighted by molar-refractivity contribution is 9.10. The van der Waals surface area contributed by atoms with Crippen LogP contribution in [0.15, 0.2) is 40.9 Å². The maximum atomic E-state index is 13.3. The lowest BCUT2D eigenvalue weighted by molar-refractivity contribution is 0.408. The summed E-state index contributed by atoms with van der Waals surface area (Å²) in [5, 5.41) is 7.53. The lowest BCUT2D eigenvalue weighted by Gasteiger charge is -2.12. The summed E-state index contributed by atoms with van der Waals surface area (Å²) in [6.45, 7) is 0. The van der Waals surface area contributed by atoms with Gasteiger partial charge >= 0.3 is 0 Å². The molecule has 0 fully saturated rings. The molecule has 0 amide bonds. The van der Waals surface area contributed by atoms with Crippen LogP contribution >= 0.6 is 15.9 Å². The second-order valence-corrected chi connectivity index (χ2v) is 4.90. The molecule has 0 heterocycles. The average Bonchev–Trinajstić information content (AvgIpc) is 2.37. The van der Waals surface area contributed by atoms with Crippen molar-refractivity contribution < 1.29 is 13.9 Å². The van der Waals surface area contributed by atoms with E-state index in [9.17, 15) is 4.39 Å². The predicted molar refractivity (Wildman–Crippen MR) is 78.2 cm³/mol. The molecule has 2 rings (SSSR count). The van der Waals surface area contributed by atoms with Crippen molar-refractivity contribution in [1.29, 1.82) is 5.41 Å². The molecule has 6 heteroatoms. The predicted octanol–water partition coefficient (Wildman–Crippen LogP) is 3.67. The van der Waals surface area contributed by atoms with E-state index in [4.69, 9.17) is 20.6 Å². The van der Waals surface area contributed by atoms with Crippen molar-refractivity contribution in [3.05, 3.63) is 52.3 Å². The number of nitrogen functional groups attached to an aromatic ring is 1. The van der Waals surface area contributed by atoms with E-state index in [1.165, 1.54) is 19.2 Å². The third kappa shape index (κ3) is 3.27. The van der Waals surface area contributed by atoms with Gasteiger partial charge in [-0.25, -0.2) is 4.39 Å². The summed E-state index contributed by atoms with van der Waals surface area (Å²) in [6.07, 6.45) is 0. The first-order chi connectivity index (χ1) is 9.49. The number of rotatable bonds is 4. The van der Waals surface area contributed by atoms with E-state index in [0.717, 1.165) is 0 Å². The topological polar surface area (TPSA) is 68.3 Å². The van der Waals surface area contributed by atoms with Gasteiger partial charge < -0.3 is 15.2 Å². The van der Waals surface area contributed by atoms with Crippen LogP contribution in [0.5, 0.6) is 17.2 Å². The summed E-state index contributed by atoms with van der Waals surface area (Å²) in [5.41, 5.74) is 5.91. The van der Waals surface area contributed by atoms with Crippen molar-refractivity contribution in [3.8, 4) is 17.2 Å². The summed E-state index contributed by atoms with van der Waals surface area (Å²) in [5.74, 6) is 0.613. The molecule has 0 aromatic heterocycles. The van der Waals surface area contributed by atoms with Crippen LogP contribution in [0.3, 0.4) is 0 Å². The molecule has 0 saturated carbocycles. The van der Waals surface area contributed by atoms with E-state index in [0.29, 0.717) is 27.3 Å². The molecule has 0 spiro atoms. The van der Waals surface area contributed by atoms with E-state index in [-0.39, 0.29) is 5.84 Å². The number of amidine groups is 1. The standard InChI is InChI=1S/C14H12BrFN2O2/c1-19-10-2-3-12(14(17)18)13(7-10)20-11-5-8(15)4-9(16)6-11/h2-7H,1H3,(H3,17,18). The minimum atomic E-state index is -0.429. The van der Waals surface area contributed by atoms with Gasteiger partial charge in [0.25, 0.3) is 0 Å². The molecule has 2 aromatic carbocycles. The van der Waals surface area contributed by atoms with Gasteiger partial charge in [0.05, 0.1) is 12.7 Å². The number of methoxy groups -OCH3 is 1. The third-order valence-electron chi connectivity index (χ3n) is 2.54. The van der Waals surface area contributed by atoms with Gasteiger partial charge in [0, 0.05) is 16.6 Å². The SMILES string of the molecule is COc1ccc(C(=N)N)c(Oc2cc(F)cc(Br)c2)c1. The van der Waals surface area contributed by atoms with Gasteiger partial charge in [0.15, 0.2) is 0 Å². The van der Waals surface area contributed by atoms with Crippen molar-refractivity contribution in [2.75, 3.05) is 7.11 Å². The maximum Gasteiger partial charge on any atom is 0.142 e. The molecule has 0 aliphatic rings. The molecule has 4 nitrogen and oxygen atoms in total. The Labute approximate surface area is 124 Å². The number of benzene rings is 2. The fourth-order valence-electron chi connectivity index (χ4n) is 1.65. The number of halogens is 2. The first-order valence-electron chi connectivity index (χ1n) is 5.66. The molecule has 20 heavy (non-hydrogen) atoms. The van der Waals surface area contributed by atoms with Gasteiger partial charge in [-0.1, -0.05) is 15.9 Å². The van der Waals surface area contributed by atoms with Crippen LogP contribution in [-0.2, 0) is 0 Å². The Morgan fingerprint density at radius 1 is 1.20 bits per heavy atom. The van der Waals surface area contributed by atoms with E-state index < -0.39 is 5.82 Å². The number of ether oxygens (including phenoxy) is 2. The molecule has 0 radical (unpaired) electrons. The highest BCUT2D eigenvalue weighted by Crippen LogP contribution is 2.31. The minimum Gasteiger partial charge on any atom is -0.497 e. The minimum absolute atomic E-state index is 0.141. The Balaban J connectivity index is 2.42. The fraction of sp³-hybridized carbons (Fsp3) is 0.0714. The van der Waals surface area contributed by atoms with Crippen LogP contribution in [0, 0.1) is 11.2 Å². The van der Waals surface area contributed by atoms with Gasteiger partial charge in [0.2, 0.25) is 0 Å². The maximum absolute atomic E-state index is 13.3. The lowest BCUT2D eigenvalue weighted by atomic mass is 10.1. The number of hydrogen-bond donors (Lipinski definition) is 2. The molecule has 0 aliphatic carbocycles. The van der Waals surface area contributed by atoms with Gasteiger partial charge in [-0.15, -0.1) is 0 Å². The zero-order valence-corrected chi connectivity index (χ0v) is 12.2. The van der Waals surface area contributed by atoms with Gasteiger partial charge in [-0.3, -0.25) is 5.41 Å². The third-order valence-corrected chi connectivity index (χ3v) is 3.00. The normalized spacial score (nSPS) is 10.2. The lowest BCUT2D eigenvalue weighted by Crippen LogP contribution is -2.12. The van der Waals surface area contributed by atoms with E-state index in [2.05, 4.69) is 15.9 Å². The largest absolute Gasteiger partial charge is 0.497 e. The summed E-state index contributed by atoms with van der Waals surface area (Å²) in [6, 6.07) is 9.07. The molecular formula is C14H12BrFN2O2. The van der Waals surface area contributed by atoms with Gasteiger partial charge in [-0.05, 0) is 24.3 Å². The van der Waals surface area contributed by atoms with E-state index >= 15 is 0 Å². The van der Waals surface area contributed by atoms with Crippen molar-refractivity contribution in [1.82, 2.24) is 0 Å². The molecule has 104 valence electrons. The molecule has 2 aromatic rings. The summed E-state index contributed by atoms with van der Waals surface area (Å²) in [7, 11) is 1.52. The van der Waals surface area contributed by atoms with Crippen molar-refractivity contribution in [3.63, 3.8) is 0 Å². The number of nitrogens with one attached hydrogen (secondary N) is 1. The van der Waals surface area contributed by atoms with Crippen molar-refractivity contribution >= 4 is 21.8 Å².